The van der Waals surface area contributed by atoms with E-state index in [4.69, 9.17) is 4.74 Å². The van der Waals surface area contributed by atoms with Crippen molar-refractivity contribution in [1.82, 2.24) is 15.0 Å². The first-order valence-corrected chi connectivity index (χ1v) is 8.31. The molecule has 0 aliphatic carbocycles. The summed E-state index contributed by atoms with van der Waals surface area (Å²) in [5, 5.41) is 13.5. The summed E-state index contributed by atoms with van der Waals surface area (Å²) in [7, 11) is 1.61. The number of hydrogen-bond acceptors (Lipinski definition) is 6. The van der Waals surface area contributed by atoms with E-state index in [-0.39, 0.29) is 0 Å². The summed E-state index contributed by atoms with van der Waals surface area (Å²) in [5.74, 6) is 1.06. The van der Waals surface area contributed by atoms with E-state index in [0.717, 1.165) is 22.2 Å². The Kier molecular flexibility index (Phi) is 4.33. The molecule has 0 spiro atoms. The first-order chi connectivity index (χ1) is 13.3. The van der Waals surface area contributed by atoms with Gasteiger partial charge in [0.1, 0.15) is 17.3 Å². The molecule has 0 amide bonds. The van der Waals surface area contributed by atoms with Crippen LogP contribution in [0.4, 0.5) is 11.6 Å². The Hall–Kier alpha value is -3.98. The van der Waals surface area contributed by atoms with Crippen LogP contribution in [-0.4, -0.2) is 22.1 Å². The molecule has 0 radical (unpaired) electrons. The number of nitriles is 1. The van der Waals surface area contributed by atoms with Gasteiger partial charge in [0.2, 0.25) is 5.95 Å². The van der Waals surface area contributed by atoms with Crippen molar-refractivity contribution in [3.63, 3.8) is 0 Å². The number of pyridine rings is 1. The van der Waals surface area contributed by atoms with Gasteiger partial charge in [0.15, 0.2) is 0 Å². The molecule has 0 unspecified atom stereocenters. The molecule has 4 aromatic rings. The number of fused-ring (bicyclic) bond motifs is 1. The maximum atomic E-state index is 9.37. The van der Waals surface area contributed by atoms with Crippen LogP contribution in [0.15, 0.2) is 67.0 Å². The van der Waals surface area contributed by atoms with Crippen molar-refractivity contribution in [3.05, 3.63) is 72.6 Å². The van der Waals surface area contributed by atoms with Crippen LogP contribution in [0.3, 0.4) is 0 Å². The summed E-state index contributed by atoms with van der Waals surface area (Å²) in [5.41, 5.74) is 3.43. The van der Waals surface area contributed by atoms with E-state index in [2.05, 4.69) is 26.3 Å². The lowest BCUT2D eigenvalue weighted by Gasteiger charge is -2.11. The molecule has 27 heavy (non-hydrogen) atoms. The highest BCUT2D eigenvalue weighted by Gasteiger charge is 2.11. The van der Waals surface area contributed by atoms with Gasteiger partial charge in [-0.1, -0.05) is 36.4 Å². The zero-order valence-electron chi connectivity index (χ0n) is 14.5. The standard InChI is InChI=1S/C21H15N5O/c1-27-18-11-17(10-15-8-5-9-23-20(15)18)25-21-24-13-16(12-22)19(26-21)14-6-3-2-4-7-14/h2-11,13H,1H3,(H,24,25,26). The first kappa shape index (κ1) is 16.5. The quantitative estimate of drug-likeness (QED) is 0.588. The van der Waals surface area contributed by atoms with Gasteiger partial charge in [0.25, 0.3) is 0 Å². The fraction of sp³-hybridized carbons (Fsp3) is 0.0476. The molecular weight excluding hydrogens is 338 g/mol. The molecule has 0 saturated heterocycles. The van der Waals surface area contributed by atoms with Gasteiger partial charge in [-0.2, -0.15) is 5.26 Å². The molecule has 0 saturated carbocycles. The summed E-state index contributed by atoms with van der Waals surface area (Å²) in [6.07, 6.45) is 3.26. The molecule has 0 fully saturated rings. The second kappa shape index (κ2) is 7.10. The Bertz CT molecular complexity index is 1150. The molecule has 1 N–H and O–H groups in total. The minimum atomic E-state index is 0.401. The van der Waals surface area contributed by atoms with E-state index in [1.165, 1.54) is 6.20 Å². The summed E-state index contributed by atoms with van der Waals surface area (Å²) in [6, 6.07) is 19.4. The van der Waals surface area contributed by atoms with Crippen LogP contribution in [0.2, 0.25) is 0 Å². The van der Waals surface area contributed by atoms with Crippen molar-refractivity contribution >= 4 is 22.5 Å². The second-order valence-electron chi connectivity index (χ2n) is 5.81. The molecule has 0 aliphatic rings. The highest BCUT2D eigenvalue weighted by atomic mass is 16.5. The fourth-order valence-electron chi connectivity index (χ4n) is 2.86. The van der Waals surface area contributed by atoms with Gasteiger partial charge in [0, 0.05) is 28.9 Å². The lowest BCUT2D eigenvalue weighted by atomic mass is 10.1. The van der Waals surface area contributed by atoms with E-state index < -0.39 is 0 Å². The van der Waals surface area contributed by atoms with Gasteiger partial charge in [0.05, 0.1) is 24.6 Å². The molecule has 0 bridgehead atoms. The predicted molar refractivity (Wildman–Crippen MR) is 104 cm³/mol. The van der Waals surface area contributed by atoms with Crippen molar-refractivity contribution in [1.29, 1.82) is 5.26 Å². The zero-order chi connectivity index (χ0) is 18.6. The fourth-order valence-corrected chi connectivity index (χ4v) is 2.86. The number of nitrogens with one attached hydrogen (secondary N) is 1. The van der Waals surface area contributed by atoms with E-state index in [0.29, 0.717) is 23.0 Å². The third-order valence-corrected chi connectivity index (χ3v) is 4.10. The highest BCUT2D eigenvalue weighted by Crippen LogP contribution is 2.30. The Balaban J connectivity index is 1.75. The van der Waals surface area contributed by atoms with Gasteiger partial charge in [-0.25, -0.2) is 9.97 Å². The minimum Gasteiger partial charge on any atom is -0.494 e. The van der Waals surface area contributed by atoms with Crippen molar-refractivity contribution in [2.75, 3.05) is 12.4 Å². The number of benzene rings is 2. The Labute approximate surface area is 156 Å². The van der Waals surface area contributed by atoms with Gasteiger partial charge in [-0.05, 0) is 12.1 Å². The molecule has 4 rings (SSSR count). The lowest BCUT2D eigenvalue weighted by molar-refractivity contribution is 0.419. The summed E-state index contributed by atoms with van der Waals surface area (Å²) < 4.78 is 5.45. The third kappa shape index (κ3) is 3.26. The monoisotopic (exact) mass is 353 g/mol. The molecular formula is C21H15N5O. The number of anilines is 2. The van der Waals surface area contributed by atoms with E-state index in [1.54, 1.807) is 13.3 Å². The van der Waals surface area contributed by atoms with Crippen molar-refractivity contribution in [2.45, 2.75) is 0 Å². The van der Waals surface area contributed by atoms with E-state index in [9.17, 15) is 5.26 Å². The van der Waals surface area contributed by atoms with Crippen LogP contribution >= 0.6 is 0 Å². The number of hydrogen-bond donors (Lipinski definition) is 1. The van der Waals surface area contributed by atoms with Crippen LogP contribution in [0.1, 0.15) is 5.56 Å². The Morgan fingerprint density at radius 1 is 1.04 bits per heavy atom. The Morgan fingerprint density at radius 3 is 2.67 bits per heavy atom. The molecule has 2 heterocycles. The number of methoxy groups -OCH3 is 1. The predicted octanol–water partition coefficient (Wildman–Crippen LogP) is 4.32. The van der Waals surface area contributed by atoms with Crippen LogP contribution in [-0.2, 0) is 0 Å². The molecule has 130 valence electrons. The van der Waals surface area contributed by atoms with Crippen molar-refractivity contribution in [2.24, 2.45) is 0 Å². The van der Waals surface area contributed by atoms with Gasteiger partial charge >= 0.3 is 0 Å². The molecule has 0 atom stereocenters. The van der Waals surface area contributed by atoms with Gasteiger partial charge in [-0.15, -0.1) is 0 Å². The third-order valence-electron chi connectivity index (χ3n) is 4.10. The van der Waals surface area contributed by atoms with E-state index >= 15 is 0 Å². The smallest absolute Gasteiger partial charge is 0.227 e. The number of rotatable bonds is 4. The average molecular weight is 353 g/mol. The van der Waals surface area contributed by atoms with Crippen molar-refractivity contribution in [3.8, 4) is 23.1 Å². The molecule has 2 aromatic carbocycles. The number of ether oxygens (including phenoxy) is 1. The number of nitrogens with zero attached hydrogens (tertiary/aromatic N) is 4. The number of aromatic nitrogens is 3. The topological polar surface area (TPSA) is 83.7 Å². The van der Waals surface area contributed by atoms with Crippen LogP contribution in [0.25, 0.3) is 22.2 Å². The van der Waals surface area contributed by atoms with Gasteiger partial charge in [-0.3, -0.25) is 4.98 Å². The zero-order valence-corrected chi connectivity index (χ0v) is 14.5. The van der Waals surface area contributed by atoms with Crippen LogP contribution < -0.4 is 10.1 Å². The molecule has 2 aromatic heterocycles. The normalized spacial score (nSPS) is 10.4. The first-order valence-electron chi connectivity index (χ1n) is 8.31. The average Bonchev–Trinajstić information content (AvgIpc) is 2.73. The summed E-state index contributed by atoms with van der Waals surface area (Å²) in [6.45, 7) is 0. The largest absolute Gasteiger partial charge is 0.494 e. The second-order valence-corrected chi connectivity index (χ2v) is 5.81. The Morgan fingerprint density at radius 2 is 1.89 bits per heavy atom. The van der Waals surface area contributed by atoms with Crippen molar-refractivity contribution < 1.29 is 4.74 Å². The van der Waals surface area contributed by atoms with Crippen LogP contribution in [0, 0.1) is 11.3 Å². The lowest BCUT2D eigenvalue weighted by Crippen LogP contribution is -2.01. The van der Waals surface area contributed by atoms with Crippen LogP contribution in [0.5, 0.6) is 5.75 Å². The summed E-state index contributed by atoms with van der Waals surface area (Å²) in [4.78, 5) is 13.2. The molecule has 0 aliphatic heterocycles. The minimum absolute atomic E-state index is 0.401. The maximum absolute atomic E-state index is 9.37. The van der Waals surface area contributed by atoms with Gasteiger partial charge < -0.3 is 10.1 Å². The molecule has 6 heteroatoms. The molecule has 6 nitrogen and oxygen atoms in total. The summed E-state index contributed by atoms with van der Waals surface area (Å²) >= 11 is 0. The highest BCUT2D eigenvalue weighted by molar-refractivity contribution is 5.88. The SMILES string of the molecule is COc1cc(Nc2ncc(C#N)c(-c3ccccc3)n2)cc2cccnc12. The van der Waals surface area contributed by atoms with E-state index in [1.807, 2.05) is 54.6 Å². The maximum Gasteiger partial charge on any atom is 0.227 e.